The average Bonchev–Trinajstić information content (AvgIpc) is 2.72. The quantitative estimate of drug-likeness (QED) is 0.826. The van der Waals surface area contributed by atoms with E-state index in [4.69, 9.17) is 15.9 Å². The van der Waals surface area contributed by atoms with E-state index in [2.05, 4.69) is 0 Å². The van der Waals surface area contributed by atoms with Gasteiger partial charge in [-0.1, -0.05) is 0 Å². The van der Waals surface area contributed by atoms with E-state index in [0.29, 0.717) is 23.5 Å². The summed E-state index contributed by atoms with van der Waals surface area (Å²) in [4.78, 5) is 13.8. The van der Waals surface area contributed by atoms with Gasteiger partial charge in [0.2, 0.25) is 0 Å². The van der Waals surface area contributed by atoms with Gasteiger partial charge in [-0.2, -0.15) is 0 Å². The largest absolute Gasteiger partial charge is 0.464 e. The Morgan fingerprint density at radius 3 is 2.37 bits per heavy atom. The van der Waals surface area contributed by atoms with Crippen LogP contribution in [0.2, 0.25) is 0 Å². The number of rotatable bonds is 3. The molecule has 5 heteroatoms. The Hall–Kier alpha value is -2.43. The van der Waals surface area contributed by atoms with Gasteiger partial charge < -0.3 is 20.8 Å². The van der Waals surface area contributed by atoms with E-state index in [1.807, 2.05) is 19.1 Å². The van der Waals surface area contributed by atoms with Crippen molar-refractivity contribution < 1.29 is 9.21 Å². The molecule has 1 aromatic carbocycles. The van der Waals surface area contributed by atoms with E-state index in [1.54, 1.807) is 30.1 Å². The van der Waals surface area contributed by atoms with Crippen LogP contribution >= 0.6 is 0 Å². The summed E-state index contributed by atoms with van der Waals surface area (Å²) in [6, 6.07) is 8.57. The summed E-state index contributed by atoms with van der Waals surface area (Å²) in [5, 5.41) is 0. The van der Waals surface area contributed by atoms with Gasteiger partial charge in [0, 0.05) is 24.0 Å². The van der Waals surface area contributed by atoms with Crippen molar-refractivity contribution >= 4 is 17.3 Å². The van der Waals surface area contributed by atoms with Crippen LogP contribution in [0.1, 0.15) is 21.9 Å². The summed E-state index contributed by atoms with van der Waals surface area (Å²) in [5.41, 5.74) is 12.8. The summed E-state index contributed by atoms with van der Waals surface area (Å²) in [6.07, 6.45) is 0. The van der Waals surface area contributed by atoms with Crippen LogP contribution in [0.5, 0.6) is 0 Å². The highest BCUT2D eigenvalue weighted by atomic mass is 16.3. The average molecular weight is 259 g/mol. The molecule has 19 heavy (non-hydrogen) atoms. The predicted octanol–water partition coefficient (Wildman–Crippen LogP) is 2.02. The lowest BCUT2D eigenvalue weighted by Gasteiger charge is -2.16. The van der Waals surface area contributed by atoms with Crippen LogP contribution in [0.25, 0.3) is 0 Å². The van der Waals surface area contributed by atoms with Gasteiger partial charge in [0.05, 0.1) is 6.54 Å². The zero-order chi connectivity index (χ0) is 14.0. The zero-order valence-corrected chi connectivity index (χ0v) is 11.0. The summed E-state index contributed by atoms with van der Waals surface area (Å²) in [7, 11) is 1.71. The number of amides is 1. The van der Waals surface area contributed by atoms with Crippen LogP contribution in [-0.2, 0) is 6.54 Å². The first-order chi connectivity index (χ1) is 8.95. The van der Waals surface area contributed by atoms with Gasteiger partial charge in [-0.15, -0.1) is 0 Å². The number of hydrogen-bond donors (Lipinski definition) is 2. The molecule has 0 atom stereocenters. The smallest absolute Gasteiger partial charge is 0.254 e. The minimum absolute atomic E-state index is 0.145. The van der Waals surface area contributed by atoms with Crippen molar-refractivity contribution in [3.63, 3.8) is 0 Å². The molecule has 0 saturated heterocycles. The number of carbonyl (C=O) groups excluding carboxylic acids is 1. The number of aryl methyl sites for hydroxylation is 1. The van der Waals surface area contributed by atoms with Gasteiger partial charge >= 0.3 is 0 Å². The summed E-state index contributed by atoms with van der Waals surface area (Å²) in [6.45, 7) is 2.27. The van der Waals surface area contributed by atoms with Crippen LogP contribution in [-0.4, -0.2) is 17.9 Å². The van der Waals surface area contributed by atoms with Crippen molar-refractivity contribution in [3.8, 4) is 0 Å². The van der Waals surface area contributed by atoms with Crippen molar-refractivity contribution in [3.05, 3.63) is 47.4 Å². The molecule has 0 aliphatic heterocycles. The Morgan fingerprint density at radius 2 is 1.84 bits per heavy atom. The topological polar surface area (TPSA) is 85.5 Å². The number of anilines is 2. The molecular formula is C14H17N3O2. The lowest BCUT2D eigenvalue weighted by molar-refractivity contribution is 0.0775. The molecular weight excluding hydrogens is 242 g/mol. The molecule has 2 rings (SSSR count). The molecule has 0 unspecified atom stereocenters. The third-order valence-corrected chi connectivity index (χ3v) is 2.76. The number of nitrogen functional groups attached to an aromatic ring is 2. The molecule has 0 saturated carbocycles. The van der Waals surface area contributed by atoms with Crippen LogP contribution in [0.15, 0.2) is 34.7 Å². The second-order valence-electron chi connectivity index (χ2n) is 4.56. The Kier molecular flexibility index (Phi) is 3.46. The molecule has 1 amide bonds. The minimum atomic E-state index is -0.145. The number of hydrogen-bond acceptors (Lipinski definition) is 4. The van der Waals surface area contributed by atoms with E-state index in [9.17, 15) is 4.79 Å². The van der Waals surface area contributed by atoms with Crippen molar-refractivity contribution in [2.75, 3.05) is 18.5 Å². The van der Waals surface area contributed by atoms with Gasteiger partial charge in [-0.3, -0.25) is 4.79 Å². The van der Waals surface area contributed by atoms with Crippen molar-refractivity contribution in [2.45, 2.75) is 13.5 Å². The molecule has 5 nitrogen and oxygen atoms in total. The summed E-state index contributed by atoms with van der Waals surface area (Å²) >= 11 is 0. The van der Waals surface area contributed by atoms with E-state index in [0.717, 1.165) is 11.5 Å². The first-order valence-corrected chi connectivity index (χ1v) is 5.92. The highest BCUT2D eigenvalue weighted by Crippen LogP contribution is 2.16. The molecule has 0 spiro atoms. The van der Waals surface area contributed by atoms with Crippen LogP contribution in [0.3, 0.4) is 0 Å². The minimum Gasteiger partial charge on any atom is -0.464 e. The lowest BCUT2D eigenvalue weighted by atomic mass is 10.1. The number of carbonyl (C=O) groups is 1. The second kappa shape index (κ2) is 5.06. The van der Waals surface area contributed by atoms with Crippen LogP contribution < -0.4 is 11.5 Å². The van der Waals surface area contributed by atoms with E-state index in [-0.39, 0.29) is 5.91 Å². The molecule has 0 fully saturated rings. The Morgan fingerprint density at radius 1 is 1.21 bits per heavy atom. The molecule has 1 heterocycles. The molecule has 0 bridgehead atoms. The van der Waals surface area contributed by atoms with Crippen LogP contribution in [0, 0.1) is 6.92 Å². The molecule has 1 aromatic heterocycles. The zero-order valence-electron chi connectivity index (χ0n) is 11.0. The Balaban J connectivity index is 2.14. The number of benzene rings is 1. The summed E-state index contributed by atoms with van der Waals surface area (Å²) < 4.78 is 5.44. The van der Waals surface area contributed by atoms with Gasteiger partial charge in [0.25, 0.3) is 5.91 Å². The highest BCUT2D eigenvalue weighted by molar-refractivity contribution is 5.95. The molecule has 2 aromatic rings. The maximum absolute atomic E-state index is 12.2. The van der Waals surface area contributed by atoms with E-state index >= 15 is 0 Å². The van der Waals surface area contributed by atoms with Gasteiger partial charge in [0.15, 0.2) is 0 Å². The predicted molar refractivity (Wildman–Crippen MR) is 74.5 cm³/mol. The molecule has 100 valence electrons. The fraction of sp³-hybridized carbons (Fsp3) is 0.214. The van der Waals surface area contributed by atoms with Crippen molar-refractivity contribution in [1.82, 2.24) is 4.90 Å². The maximum atomic E-state index is 12.2. The second-order valence-corrected chi connectivity index (χ2v) is 4.56. The van der Waals surface area contributed by atoms with Gasteiger partial charge in [-0.05, 0) is 37.3 Å². The highest BCUT2D eigenvalue weighted by Gasteiger charge is 2.14. The van der Waals surface area contributed by atoms with Crippen molar-refractivity contribution in [2.24, 2.45) is 0 Å². The van der Waals surface area contributed by atoms with E-state index in [1.165, 1.54) is 0 Å². The monoisotopic (exact) mass is 259 g/mol. The molecule has 0 radical (unpaired) electrons. The fourth-order valence-corrected chi connectivity index (χ4v) is 1.90. The lowest BCUT2D eigenvalue weighted by Crippen LogP contribution is -2.26. The normalized spacial score (nSPS) is 10.4. The summed E-state index contributed by atoms with van der Waals surface area (Å²) in [5.74, 6) is 1.42. The van der Waals surface area contributed by atoms with Gasteiger partial charge in [-0.25, -0.2) is 0 Å². The van der Waals surface area contributed by atoms with Crippen molar-refractivity contribution in [1.29, 1.82) is 0 Å². The van der Waals surface area contributed by atoms with Crippen LogP contribution in [0.4, 0.5) is 11.4 Å². The third-order valence-electron chi connectivity index (χ3n) is 2.76. The first kappa shape index (κ1) is 13.0. The van der Waals surface area contributed by atoms with E-state index < -0.39 is 0 Å². The number of furan rings is 1. The molecule has 4 N–H and O–H groups in total. The van der Waals surface area contributed by atoms with Gasteiger partial charge in [0.1, 0.15) is 11.5 Å². The number of nitrogens with two attached hydrogens (primary N) is 2. The third kappa shape index (κ3) is 3.07. The maximum Gasteiger partial charge on any atom is 0.254 e. The molecule has 0 aliphatic carbocycles. The SMILES string of the molecule is Cc1ccc(CN(C)C(=O)c2cc(N)cc(N)c2)o1. The standard InChI is InChI=1S/C14H17N3O2/c1-9-3-4-13(19-9)8-17(2)14(18)10-5-11(15)7-12(16)6-10/h3-7H,8,15-16H2,1-2H3. The Labute approximate surface area is 111 Å². The Bertz CT molecular complexity index is 584. The fourth-order valence-electron chi connectivity index (χ4n) is 1.90. The molecule has 0 aliphatic rings. The number of nitrogens with zero attached hydrogens (tertiary/aromatic N) is 1. The first-order valence-electron chi connectivity index (χ1n) is 5.92.